The second kappa shape index (κ2) is 8.63. The monoisotopic (exact) mass is 352 g/mol. The van der Waals surface area contributed by atoms with Crippen LogP contribution in [-0.4, -0.2) is 35.6 Å². The number of amides is 2. The van der Waals surface area contributed by atoms with Gasteiger partial charge in [0.05, 0.1) is 6.10 Å². The molecule has 1 fully saturated rings. The Hall–Kier alpha value is -2.66. The van der Waals surface area contributed by atoms with Crippen LogP contribution in [-0.2, 0) is 4.79 Å². The Morgan fingerprint density at radius 2 is 1.65 bits per heavy atom. The van der Waals surface area contributed by atoms with Crippen LogP contribution >= 0.6 is 0 Å². The number of nitrogens with zero attached hydrogens (tertiary/aromatic N) is 1. The molecule has 0 radical (unpaired) electrons. The van der Waals surface area contributed by atoms with Crippen molar-refractivity contribution >= 4 is 17.5 Å². The van der Waals surface area contributed by atoms with Crippen molar-refractivity contribution in [2.45, 2.75) is 37.8 Å². The van der Waals surface area contributed by atoms with E-state index >= 15 is 0 Å². The Labute approximate surface area is 153 Å². The number of aliphatic hydroxyl groups is 1. The molecular weight excluding hydrogens is 328 g/mol. The summed E-state index contributed by atoms with van der Waals surface area (Å²) in [6, 6.07) is 18.1. The minimum atomic E-state index is -0.356. The molecule has 0 aliphatic heterocycles. The van der Waals surface area contributed by atoms with Crippen molar-refractivity contribution in [1.29, 1.82) is 0 Å². The molecule has 0 spiro atoms. The third kappa shape index (κ3) is 4.70. The summed E-state index contributed by atoms with van der Waals surface area (Å²) in [5.41, 5.74) is 1.22. The van der Waals surface area contributed by atoms with Crippen molar-refractivity contribution in [3.63, 3.8) is 0 Å². The first-order valence-electron chi connectivity index (χ1n) is 9.03. The smallest absolute Gasteiger partial charge is 0.258 e. The Bertz CT molecular complexity index is 733. The molecule has 0 heterocycles. The van der Waals surface area contributed by atoms with Gasteiger partial charge in [0, 0.05) is 17.3 Å². The first-order chi connectivity index (χ1) is 12.6. The molecule has 0 saturated heterocycles. The average Bonchev–Trinajstić information content (AvgIpc) is 2.67. The maximum atomic E-state index is 12.9. The summed E-state index contributed by atoms with van der Waals surface area (Å²) in [6.45, 7) is -0.0513. The number of benzene rings is 2. The number of aliphatic hydroxyl groups excluding tert-OH is 1. The Balaban J connectivity index is 1.73. The zero-order chi connectivity index (χ0) is 18.4. The standard InChI is InChI=1S/C21H24N2O3/c24-19-13-7-10-17(14-19)22-20(25)15-23(18-11-5-2-6-12-18)21(26)16-8-3-1-4-9-16/h1-6,8-9,11-12,17,19,24H,7,10,13-15H2,(H,22,25). The molecule has 26 heavy (non-hydrogen) atoms. The summed E-state index contributed by atoms with van der Waals surface area (Å²) in [5, 5.41) is 12.7. The first kappa shape index (κ1) is 18.1. The van der Waals surface area contributed by atoms with Gasteiger partial charge in [0.25, 0.3) is 5.91 Å². The lowest BCUT2D eigenvalue weighted by atomic mass is 9.93. The maximum Gasteiger partial charge on any atom is 0.258 e. The van der Waals surface area contributed by atoms with E-state index in [0.29, 0.717) is 17.7 Å². The molecule has 2 N–H and O–H groups in total. The first-order valence-corrected chi connectivity index (χ1v) is 9.03. The van der Waals surface area contributed by atoms with Crippen molar-refractivity contribution in [1.82, 2.24) is 5.32 Å². The molecule has 2 aromatic rings. The summed E-state index contributed by atoms with van der Waals surface area (Å²) < 4.78 is 0. The highest BCUT2D eigenvalue weighted by atomic mass is 16.3. The van der Waals surface area contributed by atoms with E-state index < -0.39 is 0 Å². The number of hydrogen-bond donors (Lipinski definition) is 2. The van der Waals surface area contributed by atoms with Crippen LogP contribution < -0.4 is 10.2 Å². The Morgan fingerprint density at radius 3 is 2.31 bits per heavy atom. The predicted molar refractivity (Wildman–Crippen MR) is 101 cm³/mol. The van der Waals surface area contributed by atoms with Gasteiger partial charge in [-0.2, -0.15) is 0 Å². The molecule has 2 aromatic carbocycles. The third-order valence-corrected chi connectivity index (χ3v) is 4.65. The minimum absolute atomic E-state index is 0.0318. The molecule has 5 nitrogen and oxygen atoms in total. The van der Waals surface area contributed by atoms with Crippen LogP contribution in [0.2, 0.25) is 0 Å². The molecule has 1 aliphatic carbocycles. The highest BCUT2D eigenvalue weighted by Crippen LogP contribution is 2.19. The molecular formula is C21H24N2O3. The van der Waals surface area contributed by atoms with E-state index in [1.807, 2.05) is 36.4 Å². The van der Waals surface area contributed by atoms with Gasteiger partial charge >= 0.3 is 0 Å². The summed E-state index contributed by atoms with van der Waals surface area (Å²) >= 11 is 0. The minimum Gasteiger partial charge on any atom is -0.393 e. The summed E-state index contributed by atoms with van der Waals surface area (Å²) in [5.74, 6) is -0.423. The van der Waals surface area contributed by atoms with Gasteiger partial charge in [-0.15, -0.1) is 0 Å². The highest BCUT2D eigenvalue weighted by molar-refractivity contribution is 6.08. The summed E-state index contributed by atoms with van der Waals surface area (Å²) in [7, 11) is 0. The van der Waals surface area contributed by atoms with Gasteiger partial charge in [-0.3, -0.25) is 14.5 Å². The van der Waals surface area contributed by atoms with Crippen molar-refractivity contribution < 1.29 is 14.7 Å². The van der Waals surface area contributed by atoms with E-state index in [-0.39, 0.29) is 30.5 Å². The molecule has 1 saturated carbocycles. The van der Waals surface area contributed by atoms with E-state index in [1.54, 1.807) is 24.3 Å². The van der Waals surface area contributed by atoms with Gasteiger partial charge in [0.1, 0.15) is 6.54 Å². The zero-order valence-electron chi connectivity index (χ0n) is 14.7. The molecule has 136 valence electrons. The SMILES string of the molecule is O=C(CN(C(=O)c1ccccc1)c1ccccc1)NC1CCCC(O)C1. The van der Waals surface area contributed by atoms with Gasteiger partial charge in [-0.05, 0) is 49.9 Å². The Kier molecular flexibility index (Phi) is 6.02. The summed E-state index contributed by atoms with van der Waals surface area (Å²) in [4.78, 5) is 27.0. The predicted octanol–water partition coefficient (Wildman–Crippen LogP) is 2.75. The van der Waals surface area contributed by atoms with Gasteiger partial charge in [0.2, 0.25) is 5.91 Å². The molecule has 2 amide bonds. The fourth-order valence-corrected chi connectivity index (χ4v) is 3.34. The molecule has 2 atom stereocenters. The van der Waals surface area contributed by atoms with E-state index in [2.05, 4.69) is 5.32 Å². The lowest BCUT2D eigenvalue weighted by molar-refractivity contribution is -0.120. The quantitative estimate of drug-likeness (QED) is 0.869. The number of rotatable bonds is 5. The molecule has 3 rings (SSSR count). The average molecular weight is 352 g/mol. The lowest BCUT2D eigenvalue weighted by Crippen LogP contribution is -2.46. The fourth-order valence-electron chi connectivity index (χ4n) is 3.34. The van der Waals surface area contributed by atoms with E-state index in [4.69, 9.17) is 0 Å². The molecule has 5 heteroatoms. The summed E-state index contributed by atoms with van der Waals surface area (Å²) in [6.07, 6.45) is 2.77. The van der Waals surface area contributed by atoms with E-state index in [9.17, 15) is 14.7 Å². The van der Waals surface area contributed by atoms with E-state index in [1.165, 1.54) is 4.90 Å². The van der Waals surface area contributed by atoms with Crippen LogP contribution in [0.5, 0.6) is 0 Å². The number of hydrogen-bond acceptors (Lipinski definition) is 3. The van der Waals surface area contributed by atoms with Gasteiger partial charge in [0.15, 0.2) is 0 Å². The second-order valence-electron chi connectivity index (χ2n) is 6.68. The van der Waals surface area contributed by atoms with Crippen molar-refractivity contribution in [3.8, 4) is 0 Å². The van der Waals surface area contributed by atoms with Crippen molar-refractivity contribution in [3.05, 3.63) is 66.2 Å². The zero-order valence-corrected chi connectivity index (χ0v) is 14.7. The molecule has 0 aromatic heterocycles. The van der Waals surface area contributed by atoms with Gasteiger partial charge in [-0.25, -0.2) is 0 Å². The maximum absolute atomic E-state index is 12.9. The van der Waals surface area contributed by atoms with Crippen molar-refractivity contribution in [2.75, 3.05) is 11.4 Å². The second-order valence-corrected chi connectivity index (χ2v) is 6.68. The lowest BCUT2D eigenvalue weighted by Gasteiger charge is -2.28. The number of carbonyl (C=O) groups is 2. The number of nitrogens with one attached hydrogen (secondary N) is 1. The van der Waals surface area contributed by atoms with E-state index in [0.717, 1.165) is 19.3 Å². The van der Waals surface area contributed by atoms with Gasteiger partial charge in [-0.1, -0.05) is 36.4 Å². The van der Waals surface area contributed by atoms with Gasteiger partial charge < -0.3 is 10.4 Å². The molecule has 0 bridgehead atoms. The number of para-hydroxylation sites is 1. The van der Waals surface area contributed by atoms with Crippen LogP contribution in [0.3, 0.4) is 0 Å². The van der Waals surface area contributed by atoms with Crippen LogP contribution in [0.25, 0.3) is 0 Å². The fraction of sp³-hybridized carbons (Fsp3) is 0.333. The molecule has 2 unspecified atom stereocenters. The largest absolute Gasteiger partial charge is 0.393 e. The number of anilines is 1. The van der Waals surface area contributed by atoms with Crippen LogP contribution in [0, 0.1) is 0 Å². The van der Waals surface area contributed by atoms with Crippen molar-refractivity contribution in [2.24, 2.45) is 0 Å². The van der Waals surface area contributed by atoms with Crippen LogP contribution in [0.4, 0.5) is 5.69 Å². The third-order valence-electron chi connectivity index (χ3n) is 4.65. The number of carbonyl (C=O) groups excluding carboxylic acids is 2. The highest BCUT2D eigenvalue weighted by Gasteiger charge is 2.24. The normalized spacial score (nSPS) is 19.6. The van der Waals surface area contributed by atoms with Crippen LogP contribution in [0.15, 0.2) is 60.7 Å². The van der Waals surface area contributed by atoms with Crippen LogP contribution in [0.1, 0.15) is 36.0 Å². The molecule has 1 aliphatic rings. The topological polar surface area (TPSA) is 69.6 Å². The Morgan fingerprint density at radius 1 is 1.00 bits per heavy atom.